The van der Waals surface area contributed by atoms with Crippen molar-refractivity contribution in [3.05, 3.63) is 47.3 Å². The fourth-order valence-corrected chi connectivity index (χ4v) is 7.04. The van der Waals surface area contributed by atoms with Gasteiger partial charge in [0.05, 0.1) is 34.2 Å². The van der Waals surface area contributed by atoms with Crippen LogP contribution in [0.2, 0.25) is 0 Å². The lowest BCUT2D eigenvalue weighted by Gasteiger charge is -2.38. The lowest BCUT2D eigenvalue weighted by Crippen LogP contribution is -2.63. The number of aliphatic hydroxyl groups excluding tert-OH is 1. The molecule has 5 N–H and O–H groups in total. The SMILES string of the molecule is C=CC[C@](C)(NC(=O)[C@@H]1C[C@@H](Oc2n[nH]c(=O)c3ccccc23)CN1C(=O)[C@@H](NC(O)OC(C)(C)C)C(C)(C)C)C(=O)NS(=O)(=O)C1CC1. The number of hydrogen-bond donors (Lipinski definition) is 5. The van der Waals surface area contributed by atoms with Gasteiger partial charge in [0.25, 0.3) is 11.5 Å². The minimum atomic E-state index is -3.93. The topological polar surface area (TPSA) is 209 Å². The van der Waals surface area contributed by atoms with Crippen molar-refractivity contribution in [2.45, 2.75) is 115 Å². The van der Waals surface area contributed by atoms with E-state index in [4.69, 9.17) is 9.47 Å². The number of sulfonamides is 1. The highest BCUT2D eigenvalue weighted by molar-refractivity contribution is 7.90. The minimum absolute atomic E-state index is 0.0449. The third-order valence-electron chi connectivity index (χ3n) is 8.33. The fraction of sp³-hybridized carbons (Fsp3) is 0.606. The van der Waals surface area contributed by atoms with E-state index in [0.717, 1.165) is 0 Å². The molecule has 0 radical (unpaired) electrons. The van der Waals surface area contributed by atoms with E-state index in [9.17, 15) is 32.7 Å². The molecule has 0 bridgehead atoms. The van der Waals surface area contributed by atoms with Gasteiger partial charge in [0, 0.05) is 6.42 Å². The first-order chi connectivity index (χ1) is 22.6. The maximum absolute atomic E-state index is 14.4. The summed E-state index contributed by atoms with van der Waals surface area (Å²) >= 11 is 0. The fourth-order valence-electron chi connectivity index (χ4n) is 5.63. The van der Waals surface area contributed by atoms with Crippen molar-refractivity contribution in [3.63, 3.8) is 0 Å². The van der Waals surface area contributed by atoms with Crippen LogP contribution < -0.4 is 25.7 Å². The number of carbonyl (C=O) groups is 3. The van der Waals surface area contributed by atoms with Crippen molar-refractivity contribution in [1.29, 1.82) is 0 Å². The molecule has 1 unspecified atom stereocenters. The molecule has 2 fully saturated rings. The van der Waals surface area contributed by atoms with E-state index < -0.39 is 79.7 Å². The van der Waals surface area contributed by atoms with E-state index in [1.54, 1.807) is 65.8 Å². The summed E-state index contributed by atoms with van der Waals surface area (Å²) in [5, 5.41) is 22.8. The van der Waals surface area contributed by atoms with Gasteiger partial charge in [-0.3, -0.25) is 29.2 Å². The zero-order chi connectivity index (χ0) is 36.5. The molecule has 16 heteroatoms. The number of rotatable bonds is 13. The van der Waals surface area contributed by atoms with Gasteiger partial charge in [-0.15, -0.1) is 11.7 Å². The standard InChI is InChI=1S/C33H48N6O9S/c1-9-16-33(8,29(43)38-49(45,46)20-14-15-20)35-26(41)23-17-19(47-27-22-13-11-10-12-21(22)25(40)36-37-27)18-39(23)28(42)24(31(2,3)4)34-30(44)48-32(5,6)7/h9-13,19-20,23-24,30,34,44H,1,14-18H2,2-8H3,(H,35,41)(H,36,40)(H,38,43)/t19-,23+,24-,30?,33+/m1/s1. The van der Waals surface area contributed by atoms with Crippen molar-refractivity contribution < 1.29 is 37.4 Å². The molecule has 2 aromatic rings. The Balaban J connectivity index is 1.67. The molecular weight excluding hydrogens is 656 g/mol. The maximum Gasteiger partial charge on any atom is 0.272 e. The second-order valence-electron chi connectivity index (χ2n) is 14.9. The summed E-state index contributed by atoms with van der Waals surface area (Å²) in [6.45, 7) is 15.5. The van der Waals surface area contributed by atoms with E-state index in [-0.39, 0.29) is 25.3 Å². The molecule has 1 saturated carbocycles. The van der Waals surface area contributed by atoms with Crippen molar-refractivity contribution in [3.8, 4) is 5.88 Å². The number of likely N-dealkylation sites (tertiary alicyclic amines) is 1. The van der Waals surface area contributed by atoms with Crippen LogP contribution in [0, 0.1) is 5.41 Å². The Bertz CT molecular complexity index is 1740. The number of amides is 3. The second kappa shape index (κ2) is 14.2. The van der Waals surface area contributed by atoms with Crippen LogP contribution >= 0.6 is 0 Å². The first-order valence-corrected chi connectivity index (χ1v) is 17.8. The van der Waals surface area contributed by atoms with Gasteiger partial charge in [0.15, 0.2) is 0 Å². The zero-order valence-corrected chi connectivity index (χ0v) is 29.8. The van der Waals surface area contributed by atoms with Crippen LogP contribution in [0.1, 0.15) is 74.1 Å². The van der Waals surface area contributed by atoms with E-state index in [1.165, 1.54) is 17.9 Å². The minimum Gasteiger partial charge on any atom is -0.471 e. The summed E-state index contributed by atoms with van der Waals surface area (Å²) in [7, 11) is -3.93. The number of aromatic amines is 1. The molecule has 1 aromatic heterocycles. The number of fused-ring (bicyclic) bond motifs is 1. The quantitative estimate of drug-likeness (QED) is 0.149. The van der Waals surface area contributed by atoms with Gasteiger partial charge in [0.2, 0.25) is 34.1 Å². The number of nitrogens with zero attached hydrogens (tertiary/aromatic N) is 2. The van der Waals surface area contributed by atoms with Crippen LogP contribution in [-0.4, -0.2) is 93.9 Å². The molecule has 1 saturated heterocycles. The Hall–Kier alpha value is -3.86. The summed E-state index contributed by atoms with van der Waals surface area (Å²) in [5.41, 5.74) is -3.68. The summed E-state index contributed by atoms with van der Waals surface area (Å²) in [5.74, 6) is -2.13. The van der Waals surface area contributed by atoms with E-state index in [2.05, 4.69) is 32.1 Å². The largest absolute Gasteiger partial charge is 0.471 e. The van der Waals surface area contributed by atoms with Gasteiger partial charge in [-0.25, -0.2) is 13.5 Å². The highest BCUT2D eigenvalue weighted by atomic mass is 32.2. The molecule has 5 atom stereocenters. The molecular formula is C33H48N6O9S. The summed E-state index contributed by atoms with van der Waals surface area (Å²) in [6.07, 6.45) is -0.224. The van der Waals surface area contributed by atoms with Crippen molar-refractivity contribution in [2.75, 3.05) is 6.54 Å². The lowest BCUT2D eigenvalue weighted by atomic mass is 9.85. The van der Waals surface area contributed by atoms with E-state index in [1.807, 2.05) is 0 Å². The molecule has 3 amide bonds. The summed E-state index contributed by atoms with van der Waals surface area (Å²) in [4.78, 5) is 55.5. The smallest absolute Gasteiger partial charge is 0.272 e. The molecule has 270 valence electrons. The number of H-pyrrole nitrogens is 1. The van der Waals surface area contributed by atoms with Gasteiger partial charge < -0.3 is 24.8 Å². The molecule has 2 aliphatic rings. The number of nitrogens with one attached hydrogen (secondary N) is 4. The first-order valence-electron chi connectivity index (χ1n) is 16.2. The monoisotopic (exact) mass is 704 g/mol. The van der Waals surface area contributed by atoms with Crippen molar-refractivity contribution in [2.24, 2.45) is 5.41 Å². The summed E-state index contributed by atoms with van der Waals surface area (Å²) in [6, 6.07) is 4.44. The number of ether oxygens (including phenoxy) is 2. The van der Waals surface area contributed by atoms with Gasteiger partial charge >= 0.3 is 0 Å². The van der Waals surface area contributed by atoms with Gasteiger partial charge in [-0.05, 0) is 64.5 Å². The highest BCUT2D eigenvalue weighted by Crippen LogP contribution is 2.31. The predicted octanol–water partition coefficient (Wildman–Crippen LogP) is 1.43. The average molecular weight is 705 g/mol. The van der Waals surface area contributed by atoms with Gasteiger partial charge in [-0.2, -0.15) is 0 Å². The van der Waals surface area contributed by atoms with Crippen molar-refractivity contribution >= 4 is 38.5 Å². The molecule has 15 nitrogen and oxygen atoms in total. The summed E-state index contributed by atoms with van der Waals surface area (Å²) < 4.78 is 39.1. The van der Waals surface area contributed by atoms with Crippen LogP contribution in [0.4, 0.5) is 0 Å². The molecule has 1 aliphatic carbocycles. The maximum atomic E-state index is 14.4. The van der Waals surface area contributed by atoms with Crippen LogP contribution in [0.3, 0.4) is 0 Å². The Kier molecular flexibility index (Phi) is 11.0. The molecule has 4 rings (SSSR count). The number of benzene rings is 1. The van der Waals surface area contributed by atoms with Crippen molar-refractivity contribution in [1.82, 2.24) is 30.5 Å². The first kappa shape index (κ1) is 38.0. The zero-order valence-electron chi connectivity index (χ0n) is 29.0. The molecule has 1 aliphatic heterocycles. The molecule has 1 aromatic carbocycles. The van der Waals surface area contributed by atoms with E-state index >= 15 is 0 Å². The third kappa shape index (κ3) is 9.23. The number of aromatic nitrogens is 2. The molecule has 49 heavy (non-hydrogen) atoms. The molecule has 0 spiro atoms. The van der Waals surface area contributed by atoms with E-state index in [0.29, 0.717) is 23.6 Å². The van der Waals surface area contributed by atoms with Crippen LogP contribution in [0.25, 0.3) is 10.8 Å². The van der Waals surface area contributed by atoms with Crippen LogP contribution in [0.15, 0.2) is 41.7 Å². The number of hydrogen-bond acceptors (Lipinski definition) is 11. The van der Waals surface area contributed by atoms with Gasteiger partial charge in [0.1, 0.15) is 17.7 Å². The lowest BCUT2D eigenvalue weighted by molar-refractivity contribution is -0.192. The Morgan fingerprint density at radius 2 is 1.76 bits per heavy atom. The highest BCUT2D eigenvalue weighted by Gasteiger charge is 2.48. The van der Waals surface area contributed by atoms with Crippen LogP contribution in [-0.2, 0) is 29.1 Å². The Labute approximate surface area is 286 Å². The number of carbonyl (C=O) groups excluding carboxylic acids is 3. The van der Waals surface area contributed by atoms with Crippen LogP contribution in [0.5, 0.6) is 5.88 Å². The normalized spacial score (nSPS) is 21.0. The Morgan fingerprint density at radius 3 is 2.33 bits per heavy atom. The predicted molar refractivity (Wildman–Crippen MR) is 182 cm³/mol. The Morgan fingerprint density at radius 1 is 1.12 bits per heavy atom. The number of aliphatic hydroxyl groups is 1. The van der Waals surface area contributed by atoms with Gasteiger partial charge in [-0.1, -0.05) is 39.0 Å². The third-order valence-corrected chi connectivity index (χ3v) is 10.1. The average Bonchev–Trinajstić information content (AvgIpc) is 3.77. The molecule has 2 heterocycles. The second-order valence-corrected chi connectivity index (χ2v) is 16.9.